The maximum absolute atomic E-state index is 12.9. The van der Waals surface area contributed by atoms with Crippen LogP contribution in [0.2, 0.25) is 0 Å². The van der Waals surface area contributed by atoms with Gasteiger partial charge in [-0.15, -0.1) is 0 Å². The van der Waals surface area contributed by atoms with Crippen molar-refractivity contribution in [2.24, 2.45) is 0 Å². The van der Waals surface area contributed by atoms with Crippen molar-refractivity contribution in [3.05, 3.63) is 29.8 Å². The number of rotatable bonds is 4. The number of para-hydroxylation sites is 1. The molecular weight excluding hydrogens is 370 g/mol. The summed E-state index contributed by atoms with van der Waals surface area (Å²) in [5.41, 5.74) is 0.0859. The molecule has 2 rings (SSSR count). The van der Waals surface area contributed by atoms with E-state index >= 15 is 0 Å². The highest BCUT2D eigenvalue weighted by molar-refractivity contribution is 7.86. The molecule has 1 fully saturated rings. The first-order valence-corrected chi connectivity index (χ1v) is 10.2. The first kappa shape index (κ1) is 21.5. The number of carbonyl (C=O) groups is 1. The fourth-order valence-electron chi connectivity index (χ4n) is 2.94. The van der Waals surface area contributed by atoms with Crippen LogP contribution in [0.25, 0.3) is 0 Å². The van der Waals surface area contributed by atoms with E-state index in [-0.39, 0.29) is 19.6 Å². The molecule has 0 aromatic heterocycles. The number of carbonyl (C=O) groups excluding carboxylic acids is 1. The molecule has 1 aromatic rings. The summed E-state index contributed by atoms with van der Waals surface area (Å²) in [6.07, 6.45) is -0.454. The minimum Gasteiger partial charge on any atom is -0.496 e. The minimum absolute atomic E-state index is 0.169. The maximum atomic E-state index is 12.9. The lowest BCUT2D eigenvalue weighted by atomic mass is 10.0. The van der Waals surface area contributed by atoms with Crippen molar-refractivity contribution < 1.29 is 22.7 Å². The Morgan fingerprint density at radius 1 is 1.19 bits per heavy atom. The van der Waals surface area contributed by atoms with Crippen molar-refractivity contribution in [2.75, 3.05) is 40.8 Å². The van der Waals surface area contributed by atoms with Crippen molar-refractivity contribution in [3.63, 3.8) is 0 Å². The Labute approximate surface area is 161 Å². The zero-order chi connectivity index (χ0) is 20.4. The summed E-state index contributed by atoms with van der Waals surface area (Å²) in [6, 6.07) is 6.67. The van der Waals surface area contributed by atoms with Crippen LogP contribution in [0.5, 0.6) is 5.75 Å². The Balaban J connectivity index is 2.41. The second kappa shape index (κ2) is 8.04. The van der Waals surface area contributed by atoms with Crippen molar-refractivity contribution in [1.82, 2.24) is 13.5 Å². The van der Waals surface area contributed by atoms with E-state index in [0.29, 0.717) is 11.3 Å². The number of piperazine rings is 1. The molecule has 9 heteroatoms. The summed E-state index contributed by atoms with van der Waals surface area (Å²) in [6.45, 7) is 6.01. The van der Waals surface area contributed by atoms with Gasteiger partial charge in [0.15, 0.2) is 0 Å². The van der Waals surface area contributed by atoms with E-state index in [1.54, 1.807) is 31.7 Å². The fraction of sp³-hybridized carbons (Fsp3) is 0.611. The van der Waals surface area contributed by atoms with Gasteiger partial charge >= 0.3 is 6.09 Å². The van der Waals surface area contributed by atoms with Crippen LogP contribution in [0.1, 0.15) is 32.4 Å². The third-order valence-electron chi connectivity index (χ3n) is 4.24. The topological polar surface area (TPSA) is 79.4 Å². The summed E-state index contributed by atoms with van der Waals surface area (Å²) >= 11 is 0. The second-order valence-electron chi connectivity index (χ2n) is 7.58. The summed E-state index contributed by atoms with van der Waals surface area (Å²) in [5.74, 6) is 0.576. The van der Waals surface area contributed by atoms with E-state index in [2.05, 4.69) is 0 Å². The summed E-state index contributed by atoms with van der Waals surface area (Å²) in [5, 5.41) is 0. The highest BCUT2D eigenvalue weighted by Crippen LogP contribution is 2.34. The Kier molecular flexibility index (Phi) is 6.39. The van der Waals surface area contributed by atoms with Gasteiger partial charge < -0.3 is 14.4 Å². The van der Waals surface area contributed by atoms with Gasteiger partial charge in [-0.1, -0.05) is 18.2 Å². The number of benzene rings is 1. The Morgan fingerprint density at radius 3 is 2.37 bits per heavy atom. The molecule has 1 heterocycles. The maximum Gasteiger partial charge on any atom is 0.410 e. The molecule has 8 nitrogen and oxygen atoms in total. The lowest BCUT2D eigenvalue weighted by molar-refractivity contribution is 0.0125. The van der Waals surface area contributed by atoms with Crippen molar-refractivity contribution in [2.45, 2.75) is 32.4 Å². The number of hydrogen-bond donors (Lipinski definition) is 0. The number of hydrogen-bond acceptors (Lipinski definition) is 5. The van der Waals surface area contributed by atoms with Gasteiger partial charge in [0.1, 0.15) is 11.4 Å². The zero-order valence-electron chi connectivity index (χ0n) is 16.8. The average Bonchev–Trinajstić information content (AvgIpc) is 2.59. The van der Waals surface area contributed by atoms with Gasteiger partial charge in [0.25, 0.3) is 10.2 Å². The Bertz CT molecular complexity index is 773. The highest BCUT2D eigenvalue weighted by Gasteiger charge is 2.40. The SMILES string of the molecule is COc1ccccc1[C@@H]1CN(C(=O)OC(C)(C)C)CCN1S(=O)(=O)N(C)C. The molecule has 0 radical (unpaired) electrons. The van der Waals surface area contributed by atoms with Crippen LogP contribution in [0.4, 0.5) is 4.79 Å². The smallest absolute Gasteiger partial charge is 0.410 e. The third kappa shape index (κ3) is 4.91. The molecule has 0 bridgehead atoms. The van der Waals surface area contributed by atoms with Gasteiger partial charge in [0.05, 0.1) is 13.2 Å². The summed E-state index contributed by atoms with van der Waals surface area (Å²) < 4.78 is 39.2. The van der Waals surface area contributed by atoms with E-state index in [9.17, 15) is 13.2 Å². The van der Waals surface area contributed by atoms with E-state index in [1.807, 2.05) is 18.2 Å². The molecule has 1 aromatic carbocycles. The molecule has 0 saturated carbocycles. The average molecular weight is 400 g/mol. The van der Waals surface area contributed by atoms with E-state index in [0.717, 1.165) is 0 Å². The summed E-state index contributed by atoms with van der Waals surface area (Å²) in [7, 11) is 0.855. The largest absolute Gasteiger partial charge is 0.496 e. The number of nitrogens with zero attached hydrogens (tertiary/aromatic N) is 3. The molecule has 0 aliphatic carbocycles. The minimum atomic E-state index is -3.67. The number of amides is 1. The third-order valence-corrected chi connectivity index (χ3v) is 6.19. The molecule has 0 N–H and O–H groups in total. The van der Waals surface area contributed by atoms with Crippen molar-refractivity contribution in [3.8, 4) is 5.75 Å². The fourth-order valence-corrected chi connectivity index (χ4v) is 4.17. The van der Waals surface area contributed by atoms with Crippen molar-refractivity contribution in [1.29, 1.82) is 0 Å². The van der Waals surface area contributed by atoms with Gasteiger partial charge in [0, 0.05) is 39.3 Å². The predicted octanol–water partition coefficient (Wildman–Crippen LogP) is 2.10. The van der Waals surface area contributed by atoms with Gasteiger partial charge in [-0.05, 0) is 26.8 Å². The molecule has 0 spiro atoms. The molecule has 1 aliphatic heterocycles. The number of methoxy groups -OCH3 is 1. The lowest BCUT2D eigenvalue weighted by Gasteiger charge is -2.42. The van der Waals surface area contributed by atoms with Gasteiger partial charge in [0.2, 0.25) is 0 Å². The van der Waals surface area contributed by atoms with E-state index < -0.39 is 27.9 Å². The van der Waals surface area contributed by atoms with Crippen LogP contribution < -0.4 is 4.74 Å². The lowest BCUT2D eigenvalue weighted by Crippen LogP contribution is -2.55. The van der Waals surface area contributed by atoms with E-state index in [4.69, 9.17) is 9.47 Å². The van der Waals surface area contributed by atoms with Gasteiger partial charge in [-0.3, -0.25) is 0 Å². The quantitative estimate of drug-likeness (QED) is 0.775. The molecular formula is C18H29N3O5S. The normalized spacial score (nSPS) is 19.2. The summed E-state index contributed by atoms with van der Waals surface area (Å²) in [4.78, 5) is 14.1. The predicted molar refractivity (Wildman–Crippen MR) is 103 cm³/mol. The first-order valence-electron chi connectivity index (χ1n) is 8.77. The first-order chi connectivity index (χ1) is 12.5. The Hall–Kier alpha value is -1.84. The molecule has 152 valence electrons. The van der Waals surface area contributed by atoms with Crippen LogP contribution >= 0.6 is 0 Å². The molecule has 0 unspecified atom stereocenters. The number of ether oxygens (including phenoxy) is 2. The van der Waals surface area contributed by atoms with Crippen LogP contribution in [0.15, 0.2) is 24.3 Å². The van der Waals surface area contributed by atoms with Gasteiger partial charge in [-0.2, -0.15) is 17.0 Å². The monoisotopic (exact) mass is 399 g/mol. The van der Waals surface area contributed by atoms with Crippen LogP contribution in [0, 0.1) is 0 Å². The van der Waals surface area contributed by atoms with Crippen LogP contribution in [0.3, 0.4) is 0 Å². The standard InChI is InChI=1S/C18H29N3O5S/c1-18(2,3)26-17(22)20-11-12-21(27(23,24)19(4)5)15(13-20)14-9-7-8-10-16(14)25-6/h7-10,15H,11-13H2,1-6H3/t15-/m0/s1. The van der Waals surface area contributed by atoms with Gasteiger partial charge in [-0.25, -0.2) is 4.79 Å². The van der Waals surface area contributed by atoms with Crippen molar-refractivity contribution >= 4 is 16.3 Å². The van der Waals surface area contributed by atoms with Crippen LogP contribution in [-0.4, -0.2) is 74.5 Å². The molecule has 1 atom stereocenters. The molecule has 27 heavy (non-hydrogen) atoms. The highest BCUT2D eigenvalue weighted by atomic mass is 32.2. The van der Waals surface area contributed by atoms with Crippen LogP contribution in [-0.2, 0) is 14.9 Å². The second-order valence-corrected chi connectivity index (χ2v) is 9.68. The molecule has 1 saturated heterocycles. The van der Waals surface area contributed by atoms with E-state index in [1.165, 1.54) is 29.8 Å². The molecule has 1 aliphatic rings. The molecule has 1 amide bonds. The zero-order valence-corrected chi connectivity index (χ0v) is 17.6. The Morgan fingerprint density at radius 2 is 1.81 bits per heavy atom.